The molecule has 2 unspecified atom stereocenters. The molecule has 0 spiro atoms. The van der Waals surface area contributed by atoms with Gasteiger partial charge in [0.2, 0.25) is 11.8 Å². The largest absolute Gasteiger partial charge is 0.467 e. The fourth-order valence-corrected chi connectivity index (χ4v) is 10.4. The lowest BCUT2D eigenvalue weighted by atomic mass is 9.89. The van der Waals surface area contributed by atoms with Crippen LogP contribution in [-0.4, -0.2) is 142 Å². The van der Waals surface area contributed by atoms with E-state index >= 15 is 0 Å². The Balaban J connectivity index is 1.46. The van der Waals surface area contributed by atoms with E-state index in [1.165, 1.54) is 70.3 Å². The highest BCUT2D eigenvalue weighted by molar-refractivity contribution is 7.99. The zero-order chi connectivity index (χ0) is 58.3. The molecule has 420 valence electrons. The van der Waals surface area contributed by atoms with E-state index in [4.69, 9.17) is 18.9 Å². The Hall–Kier alpha value is -8.07. The molecule has 0 radical (unpaired) electrons. The molecule has 4 aromatic carbocycles. The molecule has 2 fully saturated rings. The van der Waals surface area contributed by atoms with Crippen LogP contribution in [0.25, 0.3) is 34.4 Å². The van der Waals surface area contributed by atoms with Crippen LogP contribution >= 0.6 is 11.8 Å². The minimum atomic E-state index is -1.19. The van der Waals surface area contributed by atoms with Crippen LogP contribution in [0.1, 0.15) is 103 Å². The van der Waals surface area contributed by atoms with Gasteiger partial charge in [-0.25, -0.2) is 19.2 Å². The van der Waals surface area contributed by atoms with Crippen LogP contribution in [0, 0.1) is 20.2 Å². The zero-order valence-electron chi connectivity index (χ0n) is 46.6. The maximum Gasteiger partial charge on any atom is 0.410 e. The lowest BCUT2D eigenvalue weighted by Crippen LogP contribution is -2.59. The van der Waals surface area contributed by atoms with E-state index in [1.54, 1.807) is 90.1 Å². The second-order valence-corrected chi connectivity index (χ2v) is 22.6. The Bertz CT molecular complexity index is 2880. The molecule has 0 saturated carbocycles. The highest BCUT2D eigenvalue weighted by Crippen LogP contribution is 2.50. The zero-order valence-corrected chi connectivity index (χ0v) is 47.4. The predicted octanol–water partition coefficient (Wildman–Crippen LogP) is 10.5. The normalized spacial score (nSPS) is 16.1. The number of nitro benzene ring substituents is 2. The third-order valence-corrected chi connectivity index (χ3v) is 14.1. The maximum absolute atomic E-state index is 14.1. The Morgan fingerprint density at radius 3 is 1.24 bits per heavy atom. The highest BCUT2D eigenvalue weighted by Gasteiger charge is 2.41. The molecule has 20 nitrogen and oxygen atoms in total. The van der Waals surface area contributed by atoms with Crippen molar-refractivity contribution in [2.24, 2.45) is 0 Å². The van der Waals surface area contributed by atoms with Gasteiger partial charge in [-0.2, -0.15) is 0 Å². The standard InChI is InChI=1S/C58H68N6O14S/c1-35(2)39-17-13-15-19-41(39)49-37(23-27-47(65)61-31-29-59(33-43(61)53(67)75-11)55(69)77-57(5,6)7)21-25-45(51(49)63(71)72)79-46-26-22-38(50(52(46)64(73)74)42-20-16-14-18-40(42)36(3)4)24-28-48(66)62-32-30-60(34-44(62)54(68)76-12)56(70)78-58(8,9)10/h13-28,35-36,43-44H,29-34H2,1-12H3. The average molecular weight is 1110 g/mol. The number of amides is 4. The molecule has 4 aromatic rings. The number of carbonyl (C=O) groups is 6. The van der Waals surface area contributed by atoms with Crippen molar-refractivity contribution in [2.75, 3.05) is 53.5 Å². The molecule has 0 N–H and O–H groups in total. The van der Waals surface area contributed by atoms with E-state index in [0.29, 0.717) is 11.1 Å². The highest BCUT2D eigenvalue weighted by atomic mass is 32.2. The van der Waals surface area contributed by atoms with Crippen LogP contribution in [0.2, 0.25) is 0 Å². The Labute approximate surface area is 464 Å². The molecule has 4 amide bonds. The van der Waals surface area contributed by atoms with Crippen LogP contribution in [0.15, 0.2) is 94.7 Å². The van der Waals surface area contributed by atoms with Gasteiger partial charge in [-0.05, 0) is 111 Å². The van der Waals surface area contributed by atoms with Crippen LogP contribution in [-0.2, 0) is 38.1 Å². The fourth-order valence-electron chi connectivity index (χ4n) is 9.39. The predicted molar refractivity (Wildman–Crippen MR) is 298 cm³/mol. The summed E-state index contributed by atoms with van der Waals surface area (Å²) in [6.07, 6.45) is 3.92. The van der Waals surface area contributed by atoms with Gasteiger partial charge in [-0.3, -0.25) is 29.8 Å². The van der Waals surface area contributed by atoms with E-state index in [0.717, 1.165) is 22.9 Å². The Kier molecular flexibility index (Phi) is 19.2. The second kappa shape index (κ2) is 25.2. The molecule has 2 heterocycles. The Morgan fingerprint density at radius 1 is 0.570 bits per heavy atom. The molecule has 2 aliphatic heterocycles. The number of piperazine rings is 2. The first kappa shape index (κ1) is 60.2. The number of esters is 2. The van der Waals surface area contributed by atoms with Gasteiger partial charge in [0.25, 0.3) is 11.4 Å². The van der Waals surface area contributed by atoms with Gasteiger partial charge in [-0.15, -0.1) is 0 Å². The number of methoxy groups -OCH3 is 2. The van der Waals surface area contributed by atoms with Crippen LogP contribution < -0.4 is 0 Å². The number of hydrogen-bond acceptors (Lipinski definition) is 15. The molecular formula is C58H68N6O14S. The van der Waals surface area contributed by atoms with E-state index in [2.05, 4.69) is 0 Å². The van der Waals surface area contributed by atoms with Crippen molar-refractivity contribution < 1.29 is 57.6 Å². The van der Waals surface area contributed by atoms with Crippen LogP contribution in [0.4, 0.5) is 21.0 Å². The van der Waals surface area contributed by atoms with Gasteiger partial charge in [0, 0.05) is 38.3 Å². The summed E-state index contributed by atoms with van der Waals surface area (Å²) in [7, 11) is 2.34. The summed E-state index contributed by atoms with van der Waals surface area (Å²) in [4.78, 5) is 112. The minimum Gasteiger partial charge on any atom is -0.467 e. The number of ether oxygens (including phenoxy) is 4. The van der Waals surface area contributed by atoms with Gasteiger partial charge in [0.15, 0.2) is 0 Å². The van der Waals surface area contributed by atoms with Crippen LogP contribution in [0.3, 0.4) is 0 Å². The molecule has 2 atom stereocenters. The third-order valence-electron chi connectivity index (χ3n) is 13.0. The van der Waals surface area contributed by atoms with Crippen molar-refractivity contribution in [2.45, 2.75) is 114 Å². The summed E-state index contributed by atoms with van der Waals surface area (Å²) in [5, 5.41) is 27.3. The van der Waals surface area contributed by atoms with E-state index in [1.807, 2.05) is 39.8 Å². The molecule has 79 heavy (non-hydrogen) atoms. The van der Waals surface area contributed by atoms with Gasteiger partial charge in [-0.1, -0.05) is 100 Å². The molecular weight excluding hydrogens is 1040 g/mol. The maximum atomic E-state index is 14.1. The van der Waals surface area contributed by atoms with E-state index in [9.17, 15) is 49.0 Å². The quantitative estimate of drug-likeness (QED) is 0.0375. The van der Waals surface area contributed by atoms with Gasteiger partial charge < -0.3 is 38.5 Å². The molecule has 6 rings (SSSR count). The summed E-state index contributed by atoms with van der Waals surface area (Å²) < 4.78 is 21.1. The molecule has 21 heteroatoms. The van der Waals surface area contributed by atoms with Gasteiger partial charge in [0.05, 0.1) is 58.1 Å². The minimum absolute atomic E-state index is 0.0371. The summed E-state index contributed by atoms with van der Waals surface area (Å²) >= 11 is 0.809. The topological polar surface area (TPSA) is 239 Å². The van der Waals surface area contributed by atoms with Crippen molar-refractivity contribution in [3.8, 4) is 22.3 Å². The summed E-state index contributed by atoms with van der Waals surface area (Å²) in [6, 6.07) is 17.9. The number of benzene rings is 4. The number of hydrogen-bond donors (Lipinski definition) is 0. The summed E-state index contributed by atoms with van der Waals surface area (Å²) in [5.74, 6) is -3.07. The van der Waals surface area contributed by atoms with Crippen molar-refractivity contribution >= 4 is 71.2 Å². The van der Waals surface area contributed by atoms with E-state index < -0.39 is 80.4 Å². The molecule has 2 aliphatic rings. The lowest BCUT2D eigenvalue weighted by Gasteiger charge is -2.39. The van der Waals surface area contributed by atoms with Gasteiger partial charge >= 0.3 is 24.1 Å². The number of rotatable bonds is 14. The summed E-state index contributed by atoms with van der Waals surface area (Å²) in [5.41, 5.74) is 0.783. The smallest absolute Gasteiger partial charge is 0.410 e. The molecule has 2 saturated heterocycles. The molecule has 0 aliphatic carbocycles. The summed E-state index contributed by atoms with van der Waals surface area (Å²) in [6.45, 7) is 17.6. The first-order valence-corrected chi connectivity index (χ1v) is 26.6. The number of nitrogens with zero attached hydrogens (tertiary/aromatic N) is 6. The van der Waals surface area contributed by atoms with Crippen molar-refractivity contribution in [3.63, 3.8) is 0 Å². The van der Waals surface area contributed by atoms with Crippen molar-refractivity contribution in [1.29, 1.82) is 0 Å². The lowest BCUT2D eigenvalue weighted by molar-refractivity contribution is -0.387. The van der Waals surface area contributed by atoms with Gasteiger partial charge in [0.1, 0.15) is 23.3 Å². The Morgan fingerprint density at radius 2 is 0.924 bits per heavy atom. The number of nitro groups is 2. The van der Waals surface area contributed by atoms with Crippen molar-refractivity contribution in [3.05, 3.63) is 127 Å². The average Bonchev–Trinajstić information content (AvgIpc) is 3.41. The van der Waals surface area contributed by atoms with Crippen molar-refractivity contribution in [1.82, 2.24) is 19.6 Å². The van der Waals surface area contributed by atoms with E-state index in [-0.39, 0.29) is 83.1 Å². The monoisotopic (exact) mass is 1100 g/mol. The second-order valence-electron chi connectivity index (χ2n) is 21.5. The molecule has 0 bridgehead atoms. The third kappa shape index (κ3) is 14.4. The SMILES string of the molecule is COC(=O)C1CN(C(=O)OC(C)(C)C)CCN1C(=O)C=Cc1ccc(Sc2ccc(C=CC(=O)N3CCN(C(=O)OC(C)(C)C)CC3C(=O)OC)c(-c3ccccc3C(C)C)c2[N+](=O)[O-])c([N+](=O)[O-])c1-c1ccccc1C(C)C. The molecule has 0 aromatic heterocycles. The fraction of sp³-hybridized carbons (Fsp3) is 0.414. The number of carbonyl (C=O) groups excluding carboxylic acids is 6. The first-order valence-electron chi connectivity index (χ1n) is 25.7. The first-order chi connectivity index (χ1) is 37.2. The van der Waals surface area contributed by atoms with Crippen LogP contribution in [0.5, 0.6) is 0 Å².